The fourth-order valence-electron chi connectivity index (χ4n) is 1.68. The van der Waals surface area contributed by atoms with Gasteiger partial charge in [-0.05, 0) is 34.5 Å². The molecule has 1 aromatic carbocycles. The number of carboxylic acids is 1. The molecule has 2 aromatic rings. The van der Waals surface area contributed by atoms with Crippen molar-refractivity contribution in [3.8, 4) is 11.6 Å². The Hall–Kier alpha value is -2.48. The van der Waals surface area contributed by atoms with Gasteiger partial charge in [-0.25, -0.2) is 9.78 Å². The number of para-hydroxylation sites is 1. The first kappa shape index (κ1) is 14.9. The summed E-state index contributed by atoms with van der Waals surface area (Å²) in [5, 5.41) is 20.2. The summed E-state index contributed by atoms with van der Waals surface area (Å²) < 4.78 is 5.82. The van der Waals surface area contributed by atoms with E-state index in [0.717, 1.165) is 0 Å². The molecule has 0 unspecified atom stereocenters. The van der Waals surface area contributed by atoms with E-state index >= 15 is 0 Å². The predicted molar refractivity (Wildman–Crippen MR) is 76.8 cm³/mol. The van der Waals surface area contributed by atoms with Crippen molar-refractivity contribution >= 4 is 27.6 Å². The largest absolute Gasteiger partial charge is 0.478 e. The molecule has 1 N–H and O–H groups in total. The highest BCUT2D eigenvalue weighted by Crippen LogP contribution is 2.34. The molecule has 0 amide bonds. The van der Waals surface area contributed by atoms with E-state index in [1.165, 1.54) is 18.3 Å². The van der Waals surface area contributed by atoms with Gasteiger partial charge in [0.2, 0.25) is 0 Å². The van der Waals surface area contributed by atoms with Gasteiger partial charge in [-0.1, -0.05) is 12.1 Å². The van der Waals surface area contributed by atoms with E-state index in [-0.39, 0.29) is 22.9 Å². The second kappa shape index (κ2) is 5.88. The van der Waals surface area contributed by atoms with Crippen LogP contribution in [0.15, 0.2) is 34.9 Å². The van der Waals surface area contributed by atoms with Gasteiger partial charge in [0.25, 0.3) is 5.88 Å². The standard InChI is InChI=1S/C13H9BrN2O5/c1-7-3-2-4-9(13(17)18)11(7)21-12-10(16(19)20)5-8(14)6-15-12/h2-6H,1H3,(H,17,18). The minimum atomic E-state index is -1.19. The Balaban J connectivity index is 2.53. The average Bonchev–Trinajstić information content (AvgIpc) is 2.42. The zero-order valence-electron chi connectivity index (χ0n) is 10.7. The normalized spacial score (nSPS) is 10.2. The number of carboxylic acid groups (broad SMARTS) is 1. The van der Waals surface area contributed by atoms with Crippen molar-refractivity contribution < 1.29 is 19.6 Å². The predicted octanol–water partition coefficient (Wildman–Crippen LogP) is 3.55. The third kappa shape index (κ3) is 3.16. The summed E-state index contributed by atoms with van der Waals surface area (Å²) in [6.45, 7) is 1.65. The van der Waals surface area contributed by atoms with Gasteiger partial charge < -0.3 is 9.84 Å². The van der Waals surface area contributed by atoms with E-state index in [1.54, 1.807) is 19.1 Å². The van der Waals surface area contributed by atoms with Crippen LogP contribution in [0.1, 0.15) is 15.9 Å². The molecule has 0 saturated carbocycles. The van der Waals surface area contributed by atoms with Crippen LogP contribution in [0.5, 0.6) is 11.6 Å². The number of hydrogen-bond acceptors (Lipinski definition) is 5. The lowest BCUT2D eigenvalue weighted by Crippen LogP contribution is -2.03. The lowest BCUT2D eigenvalue weighted by atomic mass is 10.1. The third-order valence-electron chi connectivity index (χ3n) is 2.64. The van der Waals surface area contributed by atoms with E-state index in [2.05, 4.69) is 20.9 Å². The van der Waals surface area contributed by atoms with Crippen molar-refractivity contribution in [3.63, 3.8) is 0 Å². The number of aromatic carboxylic acids is 1. The summed E-state index contributed by atoms with van der Waals surface area (Å²) in [6.07, 6.45) is 1.33. The highest BCUT2D eigenvalue weighted by Gasteiger charge is 2.22. The first-order chi connectivity index (χ1) is 9.90. The van der Waals surface area contributed by atoms with Crippen molar-refractivity contribution in [1.29, 1.82) is 0 Å². The second-order valence-corrected chi connectivity index (χ2v) is 5.01. The highest BCUT2D eigenvalue weighted by molar-refractivity contribution is 9.10. The molecule has 0 aliphatic carbocycles. The Bertz CT molecular complexity index is 732. The zero-order valence-corrected chi connectivity index (χ0v) is 12.3. The Morgan fingerprint density at radius 2 is 2.19 bits per heavy atom. The molecular formula is C13H9BrN2O5. The molecule has 0 radical (unpaired) electrons. The maximum absolute atomic E-state index is 11.2. The van der Waals surface area contributed by atoms with Gasteiger partial charge in [0.05, 0.1) is 4.92 Å². The van der Waals surface area contributed by atoms with E-state index in [0.29, 0.717) is 10.0 Å². The molecule has 2 rings (SSSR count). The molecule has 0 atom stereocenters. The number of pyridine rings is 1. The number of carbonyl (C=O) groups is 1. The Morgan fingerprint density at radius 1 is 1.48 bits per heavy atom. The number of halogens is 1. The van der Waals surface area contributed by atoms with Gasteiger partial charge in [-0.15, -0.1) is 0 Å². The van der Waals surface area contributed by atoms with Crippen LogP contribution < -0.4 is 4.74 Å². The van der Waals surface area contributed by atoms with Crippen molar-refractivity contribution in [2.45, 2.75) is 6.92 Å². The number of benzene rings is 1. The van der Waals surface area contributed by atoms with Gasteiger partial charge in [0, 0.05) is 16.7 Å². The summed E-state index contributed by atoms with van der Waals surface area (Å²) in [4.78, 5) is 25.4. The first-order valence-electron chi connectivity index (χ1n) is 5.71. The van der Waals surface area contributed by atoms with Crippen LogP contribution in [0.2, 0.25) is 0 Å². The number of nitrogens with zero attached hydrogens (tertiary/aromatic N) is 2. The number of aryl methyl sites for hydroxylation is 1. The molecule has 0 bridgehead atoms. The van der Waals surface area contributed by atoms with Gasteiger partial charge in [-0.2, -0.15) is 0 Å². The molecule has 0 saturated heterocycles. The van der Waals surface area contributed by atoms with Crippen LogP contribution in [-0.4, -0.2) is 21.0 Å². The van der Waals surface area contributed by atoms with E-state index in [1.807, 2.05) is 0 Å². The van der Waals surface area contributed by atoms with Gasteiger partial charge in [0.15, 0.2) is 0 Å². The highest BCUT2D eigenvalue weighted by atomic mass is 79.9. The second-order valence-electron chi connectivity index (χ2n) is 4.09. The molecule has 8 heteroatoms. The number of rotatable bonds is 4. The molecule has 0 spiro atoms. The molecular weight excluding hydrogens is 344 g/mol. The number of nitro groups is 1. The van der Waals surface area contributed by atoms with Crippen LogP contribution in [0, 0.1) is 17.0 Å². The van der Waals surface area contributed by atoms with Gasteiger partial charge >= 0.3 is 11.7 Å². The third-order valence-corrected chi connectivity index (χ3v) is 3.07. The Labute approximate surface area is 127 Å². The molecule has 0 aliphatic rings. The van der Waals surface area contributed by atoms with Crippen molar-refractivity contribution in [2.24, 2.45) is 0 Å². The summed E-state index contributed by atoms with van der Waals surface area (Å²) in [7, 11) is 0. The van der Waals surface area contributed by atoms with Gasteiger partial charge in [-0.3, -0.25) is 10.1 Å². The van der Waals surface area contributed by atoms with E-state index in [4.69, 9.17) is 9.84 Å². The van der Waals surface area contributed by atoms with E-state index < -0.39 is 10.9 Å². The summed E-state index contributed by atoms with van der Waals surface area (Å²) in [5.74, 6) is -1.42. The maximum atomic E-state index is 11.2. The van der Waals surface area contributed by atoms with Crippen LogP contribution in [0.3, 0.4) is 0 Å². The quantitative estimate of drug-likeness (QED) is 0.666. The zero-order chi connectivity index (χ0) is 15.6. The summed E-state index contributed by atoms with van der Waals surface area (Å²) >= 11 is 3.09. The molecule has 0 aliphatic heterocycles. The summed E-state index contributed by atoms with van der Waals surface area (Å²) in [6, 6.07) is 5.80. The topological polar surface area (TPSA) is 103 Å². The lowest BCUT2D eigenvalue weighted by Gasteiger charge is -2.10. The number of aromatic nitrogens is 1. The average molecular weight is 353 g/mol. The smallest absolute Gasteiger partial charge is 0.339 e. The number of hydrogen-bond donors (Lipinski definition) is 1. The molecule has 21 heavy (non-hydrogen) atoms. The fourth-order valence-corrected chi connectivity index (χ4v) is 2.00. The van der Waals surface area contributed by atoms with Crippen LogP contribution in [-0.2, 0) is 0 Å². The molecule has 7 nitrogen and oxygen atoms in total. The van der Waals surface area contributed by atoms with Crippen LogP contribution in [0.25, 0.3) is 0 Å². The van der Waals surface area contributed by atoms with Crippen molar-refractivity contribution in [2.75, 3.05) is 0 Å². The van der Waals surface area contributed by atoms with Crippen molar-refractivity contribution in [3.05, 3.63) is 56.2 Å². The monoisotopic (exact) mass is 352 g/mol. The SMILES string of the molecule is Cc1cccc(C(=O)O)c1Oc1ncc(Br)cc1[N+](=O)[O-]. The number of ether oxygens (including phenoxy) is 1. The van der Waals surface area contributed by atoms with Crippen molar-refractivity contribution in [1.82, 2.24) is 4.98 Å². The molecule has 1 heterocycles. The minimum Gasteiger partial charge on any atom is -0.478 e. The molecule has 108 valence electrons. The van der Waals surface area contributed by atoms with Crippen LogP contribution in [0.4, 0.5) is 5.69 Å². The molecule has 1 aromatic heterocycles. The molecule has 0 fully saturated rings. The fraction of sp³-hybridized carbons (Fsp3) is 0.0769. The Kier molecular flexibility index (Phi) is 4.18. The van der Waals surface area contributed by atoms with Gasteiger partial charge in [0.1, 0.15) is 11.3 Å². The maximum Gasteiger partial charge on any atom is 0.339 e. The minimum absolute atomic E-state index is 0.0305. The lowest BCUT2D eigenvalue weighted by molar-refractivity contribution is -0.386. The van der Waals surface area contributed by atoms with Crippen LogP contribution >= 0.6 is 15.9 Å². The summed E-state index contributed by atoms with van der Waals surface area (Å²) in [5.41, 5.74) is 0.0897. The van der Waals surface area contributed by atoms with E-state index in [9.17, 15) is 14.9 Å². The Morgan fingerprint density at radius 3 is 2.81 bits per heavy atom. The first-order valence-corrected chi connectivity index (χ1v) is 6.50.